The van der Waals surface area contributed by atoms with Gasteiger partial charge in [0.05, 0.1) is 6.42 Å². The first kappa shape index (κ1) is 14.1. The van der Waals surface area contributed by atoms with Gasteiger partial charge in [-0.25, -0.2) is 0 Å². The van der Waals surface area contributed by atoms with Crippen LogP contribution >= 0.6 is 0 Å². The molecule has 1 saturated heterocycles. The maximum atomic E-state index is 10.7. The molecular formula is C16H23NO2. The van der Waals surface area contributed by atoms with Crippen LogP contribution in [0.3, 0.4) is 0 Å². The first-order valence-corrected chi connectivity index (χ1v) is 7.06. The van der Waals surface area contributed by atoms with Gasteiger partial charge in [0.2, 0.25) is 0 Å². The van der Waals surface area contributed by atoms with Gasteiger partial charge >= 0.3 is 5.97 Å². The molecule has 1 aromatic rings. The Morgan fingerprint density at radius 3 is 2.42 bits per heavy atom. The van der Waals surface area contributed by atoms with Crippen molar-refractivity contribution in [2.24, 2.45) is 0 Å². The molecule has 3 nitrogen and oxygen atoms in total. The summed E-state index contributed by atoms with van der Waals surface area (Å²) in [7, 11) is 2.17. The number of hydrogen-bond acceptors (Lipinski definition) is 2. The lowest BCUT2D eigenvalue weighted by Gasteiger charge is -2.29. The summed E-state index contributed by atoms with van der Waals surface area (Å²) in [5.41, 5.74) is 2.53. The van der Waals surface area contributed by atoms with Gasteiger partial charge in [-0.2, -0.15) is 0 Å². The SMILES string of the molecule is CC(CC(=O)O)c1ccc(C2CCN(C)CC2)cc1. The molecule has 0 aliphatic carbocycles. The van der Waals surface area contributed by atoms with Crippen LogP contribution in [-0.4, -0.2) is 36.1 Å². The fraction of sp³-hybridized carbons (Fsp3) is 0.562. The van der Waals surface area contributed by atoms with Crippen molar-refractivity contribution < 1.29 is 9.90 Å². The number of aliphatic carboxylic acids is 1. The van der Waals surface area contributed by atoms with Crippen molar-refractivity contribution in [1.82, 2.24) is 4.90 Å². The molecule has 0 spiro atoms. The highest BCUT2D eigenvalue weighted by atomic mass is 16.4. The van der Waals surface area contributed by atoms with Crippen LogP contribution in [0.15, 0.2) is 24.3 Å². The van der Waals surface area contributed by atoms with Gasteiger partial charge in [-0.15, -0.1) is 0 Å². The van der Waals surface area contributed by atoms with Crippen LogP contribution in [0.1, 0.15) is 49.1 Å². The number of likely N-dealkylation sites (tertiary alicyclic amines) is 1. The van der Waals surface area contributed by atoms with Crippen molar-refractivity contribution >= 4 is 5.97 Å². The molecule has 1 aromatic carbocycles. The van der Waals surface area contributed by atoms with Crippen molar-refractivity contribution in [2.45, 2.75) is 38.0 Å². The van der Waals surface area contributed by atoms with Gasteiger partial charge in [0.1, 0.15) is 0 Å². The zero-order valence-corrected chi connectivity index (χ0v) is 11.8. The van der Waals surface area contributed by atoms with Crippen LogP contribution in [0.4, 0.5) is 0 Å². The Morgan fingerprint density at radius 1 is 1.32 bits per heavy atom. The number of carboxylic acid groups (broad SMARTS) is 1. The highest BCUT2D eigenvalue weighted by Crippen LogP contribution is 2.29. The van der Waals surface area contributed by atoms with Crippen LogP contribution < -0.4 is 0 Å². The Balaban J connectivity index is 2.00. The average Bonchev–Trinajstić information content (AvgIpc) is 2.39. The normalized spacial score (nSPS) is 19.3. The number of nitrogens with zero attached hydrogens (tertiary/aromatic N) is 1. The molecule has 0 amide bonds. The van der Waals surface area contributed by atoms with Crippen molar-refractivity contribution in [3.63, 3.8) is 0 Å². The van der Waals surface area contributed by atoms with Gasteiger partial charge < -0.3 is 10.0 Å². The summed E-state index contributed by atoms with van der Waals surface area (Å²) in [6.07, 6.45) is 2.65. The minimum Gasteiger partial charge on any atom is -0.481 e. The number of piperidine rings is 1. The van der Waals surface area contributed by atoms with Crippen LogP contribution in [-0.2, 0) is 4.79 Å². The smallest absolute Gasteiger partial charge is 0.303 e. The third-order valence-electron chi connectivity index (χ3n) is 4.18. The van der Waals surface area contributed by atoms with E-state index in [0.29, 0.717) is 5.92 Å². The molecule has 1 N–H and O–H groups in total. The van der Waals surface area contributed by atoms with Gasteiger partial charge in [0, 0.05) is 0 Å². The zero-order chi connectivity index (χ0) is 13.8. The molecule has 0 saturated carbocycles. The first-order valence-electron chi connectivity index (χ1n) is 7.06. The molecule has 1 heterocycles. The summed E-state index contributed by atoms with van der Waals surface area (Å²) in [4.78, 5) is 13.1. The molecule has 0 radical (unpaired) electrons. The lowest BCUT2D eigenvalue weighted by atomic mass is 9.88. The first-order chi connectivity index (χ1) is 9.06. The Hall–Kier alpha value is -1.35. The van der Waals surface area contributed by atoms with Crippen molar-refractivity contribution in [2.75, 3.05) is 20.1 Å². The minimum absolute atomic E-state index is 0.0871. The Kier molecular flexibility index (Phi) is 4.59. The highest BCUT2D eigenvalue weighted by Gasteiger charge is 2.18. The van der Waals surface area contributed by atoms with E-state index < -0.39 is 5.97 Å². The zero-order valence-electron chi connectivity index (χ0n) is 11.8. The van der Waals surface area contributed by atoms with Gasteiger partial charge in [0.25, 0.3) is 0 Å². The number of rotatable bonds is 4. The summed E-state index contributed by atoms with van der Waals surface area (Å²) in [6.45, 7) is 4.31. The van der Waals surface area contributed by atoms with Crippen molar-refractivity contribution in [1.29, 1.82) is 0 Å². The van der Waals surface area contributed by atoms with Crippen LogP contribution in [0.5, 0.6) is 0 Å². The van der Waals surface area contributed by atoms with E-state index in [-0.39, 0.29) is 12.3 Å². The molecule has 0 bridgehead atoms. The molecule has 1 fully saturated rings. The summed E-state index contributed by atoms with van der Waals surface area (Å²) < 4.78 is 0. The van der Waals surface area contributed by atoms with Gasteiger partial charge in [0.15, 0.2) is 0 Å². The molecule has 0 aromatic heterocycles. The molecule has 3 heteroatoms. The largest absolute Gasteiger partial charge is 0.481 e. The average molecular weight is 261 g/mol. The molecule has 1 aliphatic rings. The van der Waals surface area contributed by atoms with E-state index in [9.17, 15) is 4.79 Å². The Bertz CT molecular complexity index is 419. The fourth-order valence-corrected chi connectivity index (χ4v) is 2.82. The van der Waals surface area contributed by atoms with E-state index in [0.717, 1.165) is 5.56 Å². The second-order valence-corrected chi connectivity index (χ2v) is 5.74. The van der Waals surface area contributed by atoms with E-state index in [1.54, 1.807) is 0 Å². The molecule has 1 aliphatic heterocycles. The third kappa shape index (κ3) is 3.80. The molecule has 1 unspecified atom stereocenters. The number of carboxylic acids is 1. The number of hydrogen-bond donors (Lipinski definition) is 1. The lowest BCUT2D eigenvalue weighted by molar-refractivity contribution is -0.137. The predicted octanol–water partition coefficient (Wildman–Crippen LogP) is 3.07. The topological polar surface area (TPSA) is 40.5 Å². The van der Waals surface area contributed by atoms with Gasteiger partial charge in [-0.3, -0.25) is 4.79 Å². The van der Waals surface area contributed by atoms with E-state index in [1.807, 2.05) is 6.92 Å². The second-order valence-electron chi connectivity index (χ2n) is 5.74. The van der Waals surface area contributed by atoms with Crippen LogP contribution in [0.2, 0.25) is 0 Å². The second kappa shape index (κ2) is 6.20. The van der Waals surface area contributed by atoms with E-state index in [4.69, 9.17) is 5.11 Å². The fourth-order valence-electron chi connectivity index (χ4n) is 2.82. The molecule has 1 atom stereocenters. The summed E-state index contributed by atoms with van der Waals surface area (Å²) in [5, 5.41) is 8.82. The Morgan fingerprint density at radius 2 is 1.89 bits per heavy atom. The number of carbonyl (C=O) groups is 1. The van der Waals surface area contributed by atoms with E-state index in [1.165, 1.54) is 31.5 Å². The number of benzene rings is 1. The monoisotopic (exact) mass is 261 g/mol. The summed E-state index contributed by atoms with van der Waals surface area (Å²) in [6, 6.07) is 8.57. The van der Waals surface area contributed by atoms with Crippen molar-refractivity contribution in [3.05, 3.63) is 35.4 Å². The Labute approximate surface area is 115 Å². The quantitative estimate of drug-likeness (QED) is 0.905. The minimum atomic E-state index is -0.730. The van der Waals surface area contributed by atoms with Crippen LogP contribution in [0, 0.1) is 0 Å². The highest BCUT2D eigenvalue weighted by molar-refractivity contribution is 5.67. The van der Waals surface area contributed by atoms with E-state index in [2.05, 4.69) is 36.2 Å². The van der Waals surface area contributed by atoms with Gasteiger partial charge in [-0.05, 0) is 55.9 Å². The van der Waals surface area contributed by atoms with E-state index >= 15 is 0 Å². The summed E-state index contributed by atoms with van der Waals surface area (Å²) in [5.74, 6) is 0.0240. The van der Waals surface area contributed by atoms with Gasteiger partial charge in [-0.1, -0.05) is 31.2 Å². The molecule has 104 valence electrons. The predicted molar refractivity (Wildman–Crippen MR) is 76.6 cm³/mol. The molecule has 2 rings (SSSR count). The summed E-state index contributed by atoms with van der Waals surface area (Å²) >= 11 is 0. The maximum Gasteiger partial charge on any atom is 0.303 e. The molecule has 19 heavy (non-hydrogen) atoms. The molecular weight excluding hydrogens is 238 g/mol. The van der Waals surface area contributed by atoms with Crippen LogP contribution in [0.25, 0.3) is 0 Å². The maximum absolute atomic E-state index is 10.7. The third-order valence-corrected chi connectivity index (χ3v) is 4.18. The lowest BCUT2D eigenvalue weighted by Crippen LogP contribution is -2.29. The van der Waals surface area contributed by atoms with Crippen molar-refractivity contribution in [3.8, 4) is 0 Å². The standard InChI is InChI=1S/C16H23NO2/c1-12(11-16(18)19)13-3-5-14(6-4-13)15-7-9-17(2)10-8-15/h3-6,12,15H,7-11H2,1-2H3,(H,18,19).